The summed E-state index contributed by atoms with van der Waals surface area (Å²) in [5, 5.41) is 6.01. The van der Waals surface area contributed by atoms with Gasteiger partial charge in [0.15, 0.2) is 0 Å². The lowest BCUT2D eigenvalue weighted by atomic mass is 9.93. The maximum Gasteiger partial charge on any atom is 0.328 e. The monoisotopic (exact) mass is 344 g/mol. The van der Waals surface area contributed by atoms with E-state index in [0.29, 0.717) is 19.4 Å². The van der Waals surface area contributed by atoms with Gasteiger partial charge in [-0.3, -0.25) is 9.59 Å². The highest BCUT2D eigenvalue weighted by Gasteiger charge is 2.34. The molecule has 0 spiro atoms. The number of esters is 1. The fraction of sp³-hybridized carbons (Fsp3) is 0.526. The van der Waals surface area contributed by atoms with Crippen LogP contribution >= 0.6 is 0 Å². The number of hydrogen-bond donors (Lipinski definition) is 2. The summed E-state index contributed by atoms with van der Waals surface area (Å²) in [6.45, 7) is 0.707. The maximum atomic E-state index is 12.8. The summed E-state index contributed by atoms with van der Waals surface area (Å²) in [7, 11) is 1.30. The molecule has 1 amide bonds. The summed E-state index contributed by atoms with van der Waals surface area (Å²) in [6, 6.07) is 6.53. The van der Waals surface area contributed by atoms with Gasteiger partial charge in [-0.15, -0.1) is 0 Å². The van der Waals surface area contributed by atoms with Crippen LogP contribution in [0.1, 0.15) is 42.9 Å². The van der Waals surface area contributed by atoms with E-state index in [-0.39, 0.29) is 17.6 Å². The molecule has 3 rings (SSSR count). The Morgan fingerprint density at radius 3 is 2.84 bits per heavy atom. The minimum Gasteiger partial charge on any atom is -0.467 e. The molecule has 1 aliphatic carbocycles. The van der Waals surface area contributed by atoms with Gasteiger partial charge < -0.3 is 15.4 Å². The van der Waals surface area contributed by atoms with Crippen LogP contribution in [0.25, 0.3) is 0 Å². The SMILES string of the molecule is COC(=O)[C@H](C[C@@H]1CCCC1=O)NC(=O)[C@H]1NCCc2ccccc21. The van der Waals surface area contributed by atoms with Gasteiger partial charge in [-0.05, 0) is 36.8 Å². The molecule has 2 aliphatic rings. The fourth-order valence-electron chi connectivity index (χ4n) is 3.77. The zero-order chi connectivity index (χ0) is 17.8. The summed E-state index contributed by atoms with van der Waals surface area (Å²) in [6.07, 6.45) is 3.36. The molecule has 0 radical (unpaired) electrons. The van der Waals surface area contributed by atoms with Crippen LogP contribution in [-0.2, 0) is 25.5 Å². The summed E-state index contributed by atoms with van der Waals surface area (Å²) in [4.78, 5) is 36.8. The molecule has 6 nitrogen and oxygen atoms in total. The lowest BCUT2D eigenvalue weighted by Crippen LogP contribution is -2.49. The summed E-state index contributed by atoms with van der Waals surface area (Å²) in [5.74, 6) is -0.759. The number of amides is 1. The number of nitrogens with one attached hydrogen (secondary N) is 2. The van der Waals surface area contributed by atoms with E-state index in [1.807, 2.05) is 24.3 Å². The first-order chi connectivity index (χ1) is 12.1. The average Bonchev–Trinajstić information content (AvgIpc) is 3.04. The first-order valence-corrected chi connectivity index (χ1v) is 8.82. The number of Topliss-reactive ketones (excluding diaryl/α,β-unsaturated/α-hetero) is 1. The van der Waals surface area contributed by atoms with Crippen LogP contribution in [0.15, 0.2) is 24.3 Å². The van der Waals surface area contributed by atoms with E-state index in [1.165, 1.54) is 7.11 Å². The van der Waals surface area contributed by atoms with Crippen molar-refractivity contribution < 1.29 is 19.1 Å². The Hall–Kier alpha value is -2.21. The number of methoxy groups -OCH3 is 1. The molecule has 1 saturated carbocycles. The molecule has 25 heavy (non-hydrogen) atoms. The molecular weight excluding hydrogens is 320 g/mol. The Labute approximate surface area is 147 Å². The number of ketones is 1. The second-order valence-corrected chi connectivity index (χ2v) is 6.71. The number of ether oxygens (including phenoxy) is 1. The van der Waals surface area contributed by atoms with Crippen LogP contribution in [0.2, 0.25) is 0 Å². The molecular formula is C19H24N2O4. The Balaban J connectivity index is 1.72. The van der Waals surface area contributed by atoms with E-state index >= 15 is 0 Å². The van der Waals surface area contributed by atoms with Gasteiger partial charge in [0.1, 0.15) is 17.9 Å². The minimum atomic E-state index is -0.791. The first kappa shape index (κ1) is 17.6. The number of benzene rings is 1. The van der Waals surface area contributed by atoms with E-state index in [4.69, 9.17) is 4.74 Å². The van der Waals surface area contributed by atoms with Crippen LogP contribution in [0, 0.1) is 5.92 Å². The minimum absolute atomic E-state index is 0.170. The fourth-order valence-corrected chi connectivity index (χ4v) is 3.77. The summed E-state index contributed by atoms with van der Waals surface area (Å²) >= 11 is 0. The molecule has 0 saturated heterocycles. The highest BCUT2D eigenvalue weighted by molar-refractivity contribution is 5.89. The number of carbonyl (C=O) groups is 3. The lowest BCUT2D eigenvalue weighted by Gasteiger charge is -2.28. The van der Waals surface area contributed by atoms with Crippen molar-refractivity contribution in [3.8, 4) is 0 Å². The second-order valence-electron chi connectivity index (χ2n) is 6.71. The molecule has 1 fully saturated rings. The topological polar surface area (TPSA) is 84.5 Å². The van der Waals surface area contributed by atoms with Crippen molar-refractivity contribution >= 4 is 17.7 Å². The van der Waals surface area contributed by atoms with Crippen LogP contribution in [0.3, 0.4) is 0 Å². The molecule has 2 N–H and O–H groups in total. The van der Waals surface area contributed by atoms with Gasteiger partial charge in [-0.2, -0.15) is 0 Å². The number of carbonyl (C=O) groups excluding carboxylic acids is 3. The van der Waals surface area contributed by atoms with Gasteiger partial charge in [0.2, 0.25) is 5.91 Å². The van der Waals surface area contributed by atoms with Gasteiger partial charge in [0.25, 0.3) is 0 Å². The van der Waals surface area contributed by atoms with E-state index in [0.717, 1.165) is 30.4 Å². The van der Waals surface area contributed by atoms with Crippen LogP contribution in [0.4, 0.5) is 0 Å². The molecule has 134 valence electrons. The van der Waals surface area contributed by atoms with E-state index in [1.54, 1.807) is 0 Å². The lowest BCUT2D eigenvalue weighted by molar-refractivity contribution is -0.146. The summed E-state index contributed by atoms with van der Waals surface area (Å²) < 4.78 is 4.83. The molecule has 1 aromatic rings. The van der Waals surface area contributed by atoms with Gasteiger partial charge in [-0.25, -0.2) is 4.79 Å². The van der Waals surface area contributed by atoms with Crippen molar-refractivity contribution in [3.63, 3.8) is 0 Å². The summed E-state index contributed by atoms with van der Waals surface area (Å²) in [5.41, 5.74) is 2.08. The molecule has 1 heterocycles. The molecule has 3 atom stereocenters. The Bertz CT molecular complexity index is 673. The van der Waals surface area contributed by atoms with Gasteiger partial charge in [-0.1, -0.05) is 24.3 Å². The highest BCUT2D eigenvalue weighted by Crippen LogP contribution is 2.27. The first-order valence-electron chi connectivity index (χ1n) is 8.82. The smallest absolute Gasteiger partial charge is 0.328 e. The predicted octanol–water partition coefficient (Wildman–Crippen LogP) is 1.29. The van der Waals surface area contributed by atoms with Crippen molar-refractivity contribution in [2.45, 2.75) is 44.2 Å². The Morgan fingerprint density at radius 1 is 1.32 bits per heavy atom. The van der Waals surface area contributed by atoms with Crippen molar-refractivity contribution in [1.29, 1.82) is 0 Å². The van der Waals surface area contributed by atoms with Crippen molar-refractivity contribution in [2.75, 3.05) is 13.7 Å². The maximum absolute atomic E-state index is 12.8. The average molecular weight is 344 g/mol. The number of rotatable bonds is 5. The molecule has 0 unspecified atom stereocenters. The molecule has 0 aromatic heterocycles. The van der Waals surface area contributed by atoms with Crippen LogP contribution < -0.4 is 10.6 Å². The van der Waals surface area contributed by atoms with Crippen LogP contribution in [-0.4, -0.2) is 37.4 Å². The molecule has 6 heteroatoms. The van der Waals surface area contributed by atoms with Crippen molar-refractivity contribution in [3.05, 3.63) is 35.4 Å². The molecule has 0 bridgehead atoms. The predicted molar refractivity (Wildman–Crippen MR) is 91.8 cm³/mol. The standard InChI is InChI=1S/C19H24N2O4/c1-25-19(24)15(11-13-6-4-8-16(13)22)21-18(23)17-14-7-3-2-5-12(14)9-10-20-17/h2-3,5,7,13,15,17,20H,4,6,8-11H2,1H3,(H,21,23)/t13-,15-,17-/m0/s1. The second kappa shape index (κ2) is 7.78. The quantitative estimate of drug-likeness (QED) is 0.787. The van der Waals surface area contributed by atoms with Gasteiger partial charge in [0, 0.05) is 18.9 Å². The third-order valence-electron chi connectivity index (χ3n) is 5.12. The van der Waals surface area contributed by atoms with Crippen molar-refractivity contribution in [2.24, 2.45) is 5.92 Å². The van der Waals surface area contributed by atoms with Crippen LogP contribution in [0.5, 0.6) is 0 Å². The number of fused-ring (bicyclic) bond motifs is 1. The molecule has 1 aliphatic heterocycles. The largest absolute Gasteiger partial charge is 0.467 e. The highest BCUT2D eigenvalue weighted by atomic mass is 16.5. The third-order valence-corrected chi connectivity index (χ3v) is 5.12. The normalized spacial score (nSPS) is 23.6. The zero-order valence-corrected chi connectivity index (χ0v) is 14.4. The van der Waals surface area contributed by atoms with Gasteiger partial charge >= 0.3 is 5.97 Å². The van der Waals surface area contributed by atoms with E-state index in [9.17, 15) is 14.4 Å². The molecule has 1 aromatic carbocycles. The van der Waals surface area contributed by atoms with E-state index in [2.05, 4.69) is 10.6 Å². The van der Waals surface area contributed by atoms with Crippen molar-refractivity contribution in [1.82, 2.24) is 10.6 Å². The zero-order valence-electron chi connectivity index (χ0n) is 14.4. The number of hydrogen-bond acceptors (Lipinski definition) is 5. The Morgan fingerprint density at radius 2 is 2.12 bits per heavy atom. The Kier molecular flexibility index (Phi) is 5.48. The van der Waals surface area contributed by atoms with Gasteiger partial charge in [0.05, 0.1) is 7.11 Å². The van der Waals surface area contributed by atoms with E-state index < -0.39 is 18.1 Å². The third kappa shape index (κ3) is 3.90.